The third-order valence-electron chi connectivity index (χ3n) is 3.81. The second-order valence-electron chi connectivity index (χ2n) is 5.14. The lowest BCUT2D eigenvalue weighted by Crippen LogP contribution is -2.09. The van der Waals surface area contributed by atoms with Gasteiger partial charge in [-0.15, -0.1) is 0 Å². The first kappa shape index (κ1) is 14.2. The third kappa shape index (κ3) is 2.66. The zero-order valence-electron chi connectivity index (χ0n) is 11.3. The monoisotopic (exact) mass is 394 g/mol. The molecule has 0 aromatic heterocycles. The van der Waals surface area contributed by atoms with Crippen LogP contribution in [0.25, 0.3) is 0 Å². The van der Waals surface area contributed by atoms with Gasteiger partial charge in [0.1, 0.15) is 5.75 Å². The van der Waals surface area contributed by atoms with Crippen LogP contribution in [0.2, 0.25) is 0 Å². The van der Waals surface area contributed by atoms with Crippen molar-refractivity contribution in [2.24, 2.45) is 0 Å². The van der Waals surface area contributed by atoms with Crippen LogP contribution in [0.4, 0.5) is 0 Å². The molecule has 3 rings (SSSR count). The highest BCUT2D eigenvalue weighted by atomic mass is 79.9. The molecule has 20 heavy (non-hydrogen) atoms. The Bertz CT molecular complexity index is 637. The van der Waals surface area contributed by atoms with Gasteiger partial charge >= 0.3 is 0 Å². The molecule has 0 aliphatic carbocycles. The fourth-order valence-corrected chi connectivity index (χ4v) is 3.78. The maximum absolute atomic E-state index is 5.68. The molecule has 1 heterocycles. The van der Waals surface area contributed by atoms with Crippen molar-refractivity contribution in [3.05, 3.63) is 63.1 Å². The molecule has 0 radical (unpaired) electrons. The van der Waals surface area contributed by atoms with Gasteiger partial charge in [-0.2, -0.15) is 0 Å². The van der Waals surface area contributed by atoms with E-state index in [2.05, 4.69) is 75.2 Å². The Morgan fingerprint density at radius 3 is 2.90 bits per heavy atom. The Morgan fingerprint density at radius 2 is 2.05 bits per heavy atom. The number of halogens is 2. The molecule has 0 spiro atoms. The van der Waals surface area contributed by atoms with E-state index in [9.17, 15) is 0 Å². The summed E-state index contributed by atoms with van der Waals surface area (Å²) in [6, 6.07) is 12.9. The van der Waals surface area contributed by atoms with Crippen molar-refractivity contribution in [2.75, 3.05) is 6.61 Å². The van der Waals surface area contributed by atoms with E-state index >= 15 is 0 Å². The number of alkyl halides is 1. The van der Waals surface area contributed by atoms with Gasteiger partial charge in [-0.05, 0) is 54.2 Å². The summed E-state index contributed by atoms with van der Waals surface area (Å²) in [6.45, 7) is 2.99. The fourth-order valence-electron chi connectivity index (χ4n) is 2.62. The lowest BCUT2D eigenvalue weighted by molar-refractivity contribution is 0.288. The molecule has 1 aliphatic heterocycles. The van der Waals surface area contributed by atoms with Crippen LogP contribution in [-0.4, -0.2) is 6.61 Å². The number of hydrogen-bond acceptors (Lipinski definition) is 1. The first-order valence-electron chi connectivity index (χ1n) is 6.81. The average Bonchev–Trinajstić information content (AvgIpc) is 2.49. The van der Waals surface area contributed by atoms with Gasteiger partial charge < -0.3 is 4.74 Å². The molecule has 1 nitrogen and oxygen atoms in total. The molecule has 0 amide bonds. The second kappa shape index (κ2) is 5.90. The minimum absolute atomic E-state index is 0.215. The number of fused-ring (bicyclic) bond motifs is 1. The van der Waals surface area contributed by atoms with E-state index in [0.29, 0.717) is 0 Å². The third-order valence-corrected chi connectivity index (χ3v) is 5.69. The van der Waals surface area contributed by atoms with E-state index in [1.54, 1.807) is 0 Å². The summed E-state index contributed by atoms with van der Waals surface area (Å²) in [5.41, 5.74) is 5.20. The van der Waals surface area contributed by atoms with E-state index in [0.717, 1.165) is 29.7 Å². The van der Waals surface area contributed by atoms with Crippen molar-refractivity contribution >= 4 is 31.9 Å². The lowest BCUT2D eigenvalue weighted by Gasteiger charge is -2.20. The highest BCUT2D eigenvalue weighted by molar-refractivity contribution is 9.10. The molecule has 2 aromatic rings. The van der Waals surface area contributed by atoms with Crippen LogP contribution in [0, 0.1) is 6.92 Å². The van der Waals surface area contributed by atoms with Gasteiger partial charge in [0.2, 0.25) is 0 Å². The molecule has 3 heteroatoms. The predicted molar refractivity (Wildman–Crippen MR) is 89.9 cm³/mol. The minimum atomic E-state index is 0.215. The normalized spacial score (nSPS) is 15.3. The largest absolute Gasteiger partial charge is 0.493 e. The molecule has 104 valence electrons. The van der Waals surface area contributed by atoms with E-state index in [4.69, 9.17) is 4.74 Å². The molecular weight excluding hydrogens is 380 g/mol. The van der Waals surface area contributed by atoms with Crippen LogP contribution in [0.5, 0.6) is 5.75 Å². The number of benzene rings is 2. The van der Waals surface area contributed by atoms with Gasteiger partial charge in [-0.1, -0.05) is 56.1 Å². The van der Waals surface area contributed by atoms with E-state index in [-0.39, 0.29) is 4.83 Å². The summed E-state index contributed by atoms with van der Waals surface area (Å²) < 4.78 is 6.84. The van der Waals surface area contributed by atoms with Crippen LogP contribution in [0.1, 0.15) is 33.5 Å². The molecule has 0 N–H and O–H groups in total. The Hall–Kier alpha value is -0.800. The van der Waals surface area contributed by atoms with Crippen molar-refractivity contribution < 1.29 is 4.74 Å². The SMILES string of the molecule is Cc1c(Br)cccc1C(Br)c1ccc2c(c1)CCCO2. The van der Waals surface area contributed by atoms with Crippen LogP contribution >= 0.6 is 31.9 Å². The van der Waals surface area contributed by atoms with Crippen molar-refractivity contribution in [3.63, 3.8) is 0 Å². The standard InChI is InChI=1S/C17H16Br2O/c1-11-14(5-2-6-15(11)18)17(19)13-7-8-16-12(10-13)4-3-9-20-16/h2,5-8,10,17H,3-4,9H2,1H3. The van der Waals surface area contributed by atoms with Gasteiger partial charge in [-0.3, -0.25) is 0 Å². The highest BCUT2D eigenvalue weighted by Crippen LogP contribution is 2.37. The van der Waals surface area contributed by atoms with Gasteiger partial charge in [0.05, 0.1) is 11.4 Å². The lowest BCUT2D eigenvalue weighted by atomic mass is 9.97. The number of ether oxygens (including phenoxy) is 1. The molecule has 0 saturated heterocycles. The summed E-state index contributed by atoms with van der Waals surface area (Å²) in [5, 5.41) is 0. The Kier molecular flexibility index (Phi) is 4.18. The molecule has 0 saturated carbocycles. The van der Waals surface area contributed by atoms with Crippen molar-refractivity contribution in [2.45, 2.75) is 24.6 Å². The average molecular weight is 396 g/mol. The van der Waals surface area contributed by atoms with E-state index < -0.39 is 0 Å². The van der Waals surface area contributed by atoms with Crippen LogP contribution in [0.15, 0.2) is 40.9 Å². The van der Waals surface area contributed by atoms with Gasteiger partial charge in [0.25, 0.3) is 0 Å². The first-order chi connectivity index (χ1) is 9.66. The maximum Gasteiger partial charge on any atom is 0.122 e. The van der Waals surface area contributed by atoms with E-state index in [1.807, 2.05) is 0 Å². The van der Waals surface area contributed by atoms with Crippen molar-refractivity contribution in [1.29, 1.82) is 0 Å². The Labute approximate surface area is 136 Å². The second-order valence-corrected chi connectivity index (χ2v) is 6.91. The number of rotatable bonds is 2. The highest BCUT2D eigenvalue weighted by Gasteiger charge is 2.17. The van der Waals surface area contributed by atoms with Crippen molar-refractivity contribution in [3.8, 4) is 5.75 Å². The molecular formula is C17H16Br2O. The smallest absolute Gasteiger partial charge is 0.122 e. The number of hydrogen-bond donors (Lipinski definition) is 0. The van der Waals surface area contributed by atoms with Crippen LogP contribution < -0.4 is 4.74 Å². The van der Waals surface area contributed by atoms with Crippen molar-refractivity contribution in [1.82, 2.24) is 0 Å². The van der Waals surface area contributed by atoms with Gasteiger partial charge in [-0.25, -0.2) is 0 Å². The minimum Gasteiger partial charge on any atom is -0.493 e. The quantitative estimate of drug-likeness (QED) is 0.604. The molecule has 1 aliphatic rings. The zero-order chi connectivity index (χ0) is 14.1. The van der Waals surface area contributed by atoms with Gasteiger partial charge in [0.15, 0.2) is 0 Å². The zero-order valence-corrected chi connectivity index (χ0v) is 14.5. The fraction of sp³-hybridized carbons (Fsp3) is 0.294. The molecule has 1 unspecified atom stereocenters. The summed E-state index contributed by atoms with van der Waals surface area (Å²) in [6.07, 6.45) is 2.22. The summed E-state index contributed by atoms with van der Waals surface area (Å²) >= 11 is 7.45. The molecule has 0 fully saturated rings. The number of aryl methyl sites for hydroxylation is 1. The summed E-state index contributed by atoms with van der Waals surface area (Å²) in [5.74, 6) is 1.05. The Morgan fingerprint density at radius 1 is 1.20 bits per heavy atom. The van der Waals surface area contributed by atoms with Crippen LogP contribution in [-0.2, 0) is 6.42 Å². The topological polar surface area (TPSA) is 9.23 Å². The van der Waals surface area contributed by atoms with E-state index in [1.165, 1.54) is 22.3 Å². The molecule has 2 aromatic carbocycles. The Balaban J connectivity index is 1.98. The maximum atomic E-state index is 5.68. The van der Waals surface area contributed by atoms with Crippen LogP contribution in [0.3, 0.4) is 0 Å². The summed E-state index contributed by atoms with van der Waals surface area (Å²) in [7, 11) is 0. The first-order valence-corrected chi connectivity index (χ1v) is 8.52. The predicted octanol–water partition coefficient (Wildman–Crippen LogP) is 5.57. The summed E-state index contributed by atoms with van der Waals surface area (Å²) in [4.78, 5) is 0.215. The molecule has 1 atom stereocenters. The molecule has 0 bridgehead atoms. The van der Waals surface area contributed by atoms with Gasteiger partial charge in [0, 0.05) is 4.47 Å².